The highest BCUT2D eigenvalue weighted by Crippen LogP contribution is 2.49. The first-order chi connectivity index (χ1) is 17.5. The average Bonchev–Trinajstić information content (AvgIpc) is 2.92. The molecule has 180 valence electrons. The SMILES string of the molecule is COc1cc(OC)cc([C@](C)(C(=O)O)C(c2cccc3ccccc23)c2cccc3ccccc23)c1. The van der Waals surface area contributed by atoms with Crippen molar-refractivity contribution in [2.24, 2.45) is 0 Å². The summed E-state index contributed by atoms with van der Waals surface area (Å²) in [6.07, 6.45) is 0. The highest BCUT2D eigenvalue weighted by Gasteiger charge is 2.46. The van der Waals surface area contributed by atoms with Gasteiger partial charge in [0.1, 0.15) is 16.9 Å². The lowest BCUT2D eigenvalue weighted by molar-refractivity contribution is -0.143. The largest absolute Gasteiger partial charge is 0.497 e. The van der Waals surface area contributed by atoms with Crippen LogP contribution in [-0.4, -0.2) is 25.3 Å². The van der Waals surface area contributed by atoms with Crippen LogP contribution in [0.3, 0.4) is 0 Å². The molecule has 4 nitrogen and oxygen atoms in total. The number of carboxylic acids is 1. The fraction of sp³-hybridized carbons (Fsp3) is 0.156. The molecule has 4 heteroatoms. The van der Waals surface area contributed by atoms with Gasteiger partial charge in [0, 0.05) is 12.0 Å². The predicted molar refractivity (Wildman–Crippen MR) is 144 cm³/mol. The highest BCUT2D eigenvalue weighted by atomic mass is 16.5. The van der Waals surface area contributed by atoms with Crippen LogP contribution in [0.5, 0.6) is 11.5 Å². The second kappa shape index (κ2) is 9.38. The Morgan fingerprint density at radius 3 is 1.58 bits per heavy atom. The zero-order valence-corrected chi connectivity index (χ0v) is 20.6. The van der Waals surface area contributed by atoms with Crippen LogP contribution in [0.4, 0.5) is 0 Å². The molecule has 0 aliphatic rings. The van der Waals surface area contributed by atoms with Crippen molar-refractivity contribution < 1.29 is 19.4 Å². The van der Waals surface area contributed by atoms with Crippen molar-refractivity contribution >= 4 is 27.5 Å². The molecule has 5 rings (SSSR count). The lowest BCUT2D eigenvalue weighted by Crippen LogP contribution is -2.40. The van der Waals surface area contributed by atoms with Crippen molar-refractivity contribution in [2.75, 3.05) is 14.2 Å². The predicted octanol–water partition coefficient (Wildman–Crippen LogP) is 7.18. The maximum atomic E-state index is 13.4. The molecule has 0 spiro atoms. The summed E-state index contributed by atoms with van der Waals surface area (Å²) in [4.78, 5) is 13.4. The Balaban J connectivity index is 1.91. The Morgan fingerprint density at radius 2 is 1.14 bits per heavy atom. The summed E-state index contributed by atoms with van der Waals surface area (Å²) < 4.78 is 11.1. The second-order valence-corrected chi connectivity index (χ2v) is 9.18. The number of fused-ring (bicyclic) bond motifs is 2. The second-order valence-electron chi connectivity index (χ2n) is 9.18. The lowest BCUT2D eigenvalue weighted by atomic mass is 9.64. The Morgan fingerprint density at radius 1 is 0.694 bits per heavy atom. The zero-order valence-electron chi connectivity index (χ0n) is 20.6. The zero-order chi connectivity index (χ0) is 25.3. The molecule has 0 saturated heterocycles. The molecule has 5 aromatic rings. The fourth-order valence-corrected chi connectivity index (χ4v) is 5.31. The van der Waals surface area contributed by atoms with Gasteiger partial charge in [-0.3, -0.25) is 4.79 Å². The van der Waals surface area contributed by atoms with Crippen LogP contribution < -0.4 is 9.47 Å². The van der Waals surface area contributed by atoms with Gasteiger partial charge in [0.25, 0.3) is 0 Å². The van der Waals surface area contributed by atoms with Gasteiger partial charge in [-0.15, -0.1) is 0 Å². The van der Waals surface area contributed by atoms with Crippen molar-refractivity contribution in [1.29, 1.82) is 0 Å². The van der Waals surface area contributed by atoms with E-state index in [-0.39, 0.29) is 0 Å². The van der Waals surface area contributed by atoms with Gasteiger partial charge in [-0.1, -0.05) is 84.9 Å². The number of carbonyl (C=O) groups is 1. The van der Waals surface area contributed by atoms with Crippen LogP contribution in [0.2, 0.25) is 0 Å². The molecule has 1 N–H and O–H groups in total. The summed E-state index contributed by atoms with van der Waals surface area (Å²) in [5.41, 5.74) is 1.17. The molecule has 0 fully saturated rings. The number of aliphatic carboxylic acids is 1. The highest BCUT2D eigenvalue weighted by molar-refractivity contribution is 5.94. The molecule has 5 aromatic carbocycles. The fourth-order valence-electron chi connectivity index (χ4n) is 5.31. The molecule has 0 aliphatic heterocycles. The number of methoxy groups -OCH3 is 2. The molecule has 0 unspecified atom stereocenters. The third-order valence-electron chi connectivity index (χ3n) is 7.24. The first kappa shape index (κ1) is 23.4. The number of rotatable bonds is 7. The molecule has 0 aromatic heterocycles. The van der Waals surface area contributed by atoms with Crippen LogP contribution in [0, 0.1) is 0 Å². The van der Waals surface area contributed by atoms with Crippen LogP contribution in [0.15, 0.2) is 103 Å². The van der Waals surface area contributed by atoms with Gasteiger partial charge in [-0.25, -0.2) is 0 Å². The van der Waals surface area contributed by atoms with Crippen molar-refractivity contribution in [3.05, 3.63) is 120 Å². The first-order valence-electron chi connectivity index (χ1n) is 11.9. The number of benzene rings is 5. The van der Waals surface area contributed by atoms with E-state index in [4.69, 9.17) is 9.47 Å². The molecule has 36 heavy (non-hydrogen) atoms. The summed E-state index contributed by atoms with van der Waals surface area (Å²) in [7, 11) is 3.15. The van der Waals surface area contributed by atoms with Crippen molar-refractivity contribution in [2.45, 2.75) is 18.3 Å². The van der Waals surface area contributed by atoms with E-state index >= 15 is 0 Å². The minimum absolute atomic E-state index is 0.510. The van der Waals surface area contributed by atoms with Crippen molar-refractivity contribution in [3.8, 4) is 11.5 Å². The van der Waals surface area contributed by atoms with Gasteiger partial charge >= 0.3 is 5.97 Å². The van der Waals surface area contributed by atoms with Gasteiger partial charge < -0.3 is 14.6 Å². The summed E-state index contributed by atoms with van der Waals surface area (Å²) in [5, 5.41) is 15.2. The molecule has 0 saturated carbocycles. The number of ether oxygens (including phenoxy) is 2. The number of carboxylic acid groups (broad SMARTS) is 1. The van der Waals surface area contributed by atoms with E-state index in [9.17, 15) is 9.90 Å². The Labute approximate surface area is 210 Å². The Bertz CT molecular complexity index is 1460. The van der Waals surface area contributed by atoms with E-state index in [0.29, 0.717) is 17.1 Å². The van der Waals surface area contributed by atoms with Gasteiger partial charge in [0.2, 0.25) is 0 Å². The van der Waals surface area contributed by atoms with Gasteiger partial charge in [0.05, 0.1) is 14.2 Å². The summed E-state index contributed by atoms with van der Waals surface area (Å²) >= 11 is 0. The quantitative estimate of drug-likeness (QED) is 0.270. The molecule has 0 amide bonds. The molecule has 0 bridgehead atoms. The molecular formula is C32H28O4. The third kappa shape index (κ3) is 3.85. The van der Waals surface area contributed by atoms with E-state index in [1.807, 2.05) is 48.5 Å². The average molecular weight is 477 g/mol. The standard InChI is InChI=1S/C32H28O4/c1-32(31(33)34,23-18-24(35-2)20-25(19-23)36-3)30(28-16-8-12-21-10-4-6-14-26(21)28)29-17-9-13-22-11-5-7-15-27(22)29/h4-20,30H,1-3H3,(H,33,34)/t32-/m0/s1. The minimum Gasteiger partial charge on any atom is -0.497 e. The minimum atomic E-state index is -1.35. The summed E-state index contributed by atoms with van der Waals surface area (Å²) in [6.45, 7) is 1.80. The Kier molecular flexibility index (Phi) is 6.11. The van der Waals surface area contributed by atoms with E-state index in [1.54, 1.807) is 39.3 Å². The number of hydrogen-bond acceptors (Lipinski definition) is 3. The smallest absolute Gasteiger partial charge is 0.314 e. The summed E-state index contributed by atoms with van der Waals surface area (Å²) in [6, 6.07) is 33.9. The van der Waals surface area contributed by atoms with Crippen molar-refractivity contribution in [3.63, 3.8) is 0 Å². The first-order valence-corrected chi connectivity index (χ1v) is 11.9. The van der Waals surface area contributed by atoms with Crippen LogP contribution in [-0.2, 0) is 10.2 Å². The van der Waals surface area contributed by atoms with E-state index in [1.165, 1.54) is 0 Å². The van der Waals surface area contributed by atoms with Gasteiger partial charge in [-0.05, 0) is 57.3 Å². The Hall–Kier alpha value is -4.31. The number of hydrogen-bond donors (Lipinski definition) is 1. The van der Waals surface area contributed by atoms with Gasteiger partial charge in [-0.2, -0.15) is 0 Å². The van der Waals surface area contributed by atoms with Crippen molar-refractivity contribution in [1.82, 2.24) is 0 Å². The van der Waals surface area contributed by atoms with E-state index < -0.39 is 17.3 Å². The molecule has 0 aliphatic carbocycles. The summed E-state index contributed by atoms with van der Waals surface area (Å²) in [5.74, 6) is -0.342. The van der Waals surface area contributed by atoms with Crippen LogP contribution >= 0.6 is 0 Å². The van der Waals surface area contributed by atoms with E-state index in [2.05, 4.69) is 36.4 Å². The maximum Gasteiger partial charge on any atom is 0.314 e. The van der Waals surface area contributed by atoms with Gasteiger partial charge in [0.15, 0.2) is 0 Å². The van der Waals surface area contributed by atoms with E-state index in [0.717, 1.165) is 32.7 Å². The molecule has 0 heterocycles. The molecule has 0 radical (unpaired) electrons. The maximum absolute atomic E-state index is 13.4. The topological polar surface area (TPSA) is 55.8 Å². The third-order valence-corrected chi connectivity index (χ3v) is 7.24. The molecular weight excluding hydrogens is 448 g/mol. The van der Waals surface area contributed by atoms with Crippen LogP contribution in [0.25, 0.3) is 21.5 Å². The molecule has 1 atom stereocenters. The normalized spacial score (nSPS) is 13.0. The monoisotopic (exact) mass is 476 g/mol. The van der Waals surface area contributed by atoms with Crippen LogP contribution in [0.1, 0.15) is 29.5 Å². The lowest BCUT2D eigenvalue weighted by Gasteiger charge is -2.37.